The molecule has 0 bridgehead atoms. The number of nitro groups is 1. The predicted octanol–water partition coefficient (Wildman–Crippen LogP) is 3.70. The SMILES string of the molecule is CC(=O)Nc1cc(Cl)cc(Oc2ccccc2C(=O)O)c1[N+](=O)[O-]. The Morgan fingerprint density at radius 2 is 1.92 bits per heavy atom. The average molecular weight is 351 g/mol. The van der Waals surface area contributed by atoms with Gasteiger partial charge in [0.2, 0.25) is 11.7 Å². The molecular weight excluding hydrogens is 340 g/mol. The fourth-order valence-electron chi connectivity index (χ4n) is 1.98. The molecule has 2 rings (SSSR count). The number of ether oxygens (including phenoxy) is 1. The van der Waals surface area contributed by atoms with Crippen LogP contribution >= 0.6 is 11.6 Å². The Kier molecular flexibility index (Phi) is 5.00. The normalized spacial score (nSPS) is 10.1. The van der Waals surface area contributed by atoms with Gasteiger partial charge in [-0.3, -0.25) is 14.9 Å². The molecule has 0 aliphatic rings. The molecule has 0 aliphatic carbocycles. The van der Waals surface area contributed by atoms with Gasteiger partial charge in [-0.2, -0.15) is 0 Å². The number of para-hydroxylation sites is 1. The minimum Gasteiger partial charge on any atom is -0.478 e. The van der Waals surface area contributed by atoms with Gasteiger partial charge in [0, 0.05) is 18.0 Å². The van der Waals surface area contributed by atoms with Gasteiger partial charge in [0.05, 0.1) is 4.92 Å². The van der Waals surface area contributed by atoms with E-state index < -0.39 is 22.5 Å². The molecule has 9 heteroatoms. The summed E-state index contributed by atoms with van der Waals surface area (Å²) in [5, 5.41) is 22.9. The smallest absolute Gasteiger partial charge is 0.339 e. The summed E-state index contributed by atoms with van der Waals surface area (Å²) < 4.78 is 5.41. The highest BCUT2D eigenvalue weighted by Crippen LogP contribution is 2.41. The summed E-state index contributed by atoms with van der Waals surface area (Å²) in [6.07, 6.45) is 0. The predicted molar refractivity (Wildman–Crippen MR) is 85.9 cm³/mol. The van der Waals surface area contributed by atoms with Crippen LogP contribution in [0.15, 0.2) is 36.4 Å². The van der Waals surface area contributed by atoms with Crippen LogP contribution in [-0.2, 0) is 4.79 Å². The molecule has 0 spiro atoms. The van der Waals surface area contributed by atoms with Crippen molar-refractivity contribution in [2.75, 3.05) is 5.32 Å². The maximum Gasteiger partial charge on any atom is 0.339 e. The number of anilines is 1. The second-order valence-corrected chi connectivity index (χ2v) is 5.08. The first kappa shape index (κ1) is 17.2. The molecule has 0 aliphatic heterocycles. The van der Waals surface area contributed by atoms with Crippen LogP contribution in [-0.4, -0.2) is 21.9 Å². The number of nitrogens with zero attached hydrogens (tertiary/aromatic N) is 1. The maximum atomic E-state index is 11.4. The molecule has 0 heterocycles. The van der Waals surface area contributed by atoms with Gasteiger partial charge in [0.15, 0.2) is 0 Å². The van der Waals surface area contributed by atoms with Crippen LogP contribution in [0, 0.1) is 10.1 Å². The molecule has 2 N–H and O–H groups in total. The van der Waals surface area contributed by atoms with Gasteiger partial charge in [-0.25, -0.2) is 4.79 Å². The lowest BCUT2D eigenvalue weighted by Crippen LogP contribution is -2.09. The number of rotatable bonds is 5. The van der Waals surface area contributed by atoms with Crippen LogP contribution in [0.5, 0.6) is 11.5 Å². The molecule has 124 valence electrons. The minimum atomic E-state index is -1.25. The average Bonchev–Trinajstić information content (AvgIpc) is 2.45. The van der Waals surface area contributed by atoms with Crippen LogP contribution in [0.25, 0.3) is 0 Å². The first-order valence-corrected chi connectivity index (χ1v) is 6.93. The van der Waals surface area contributed by atoms with Gasteiger partial charge >= 0.3 is 11.7 Å². The Bertz CT molecular complexity index is 837. The van der Waals surface area contributed by atoms with E-state index in [0.29, 0.717) is 0 Å². The standard InChI is InChI=1S/C15H11ClN2O6/c1-8(19)17-11-6-9(16)7-13(14(11)18(22)23)24-12-5-3-2-4-10(12)15(20)21/h2-7H,1H3,(H,17,19)(H,20,21). The number of benzene rings is 2. The third kappa shape index (κ3) is 3.79. The molecule has 2 aromatic carbocycles. The second kappa shape index (κ2) is 6.97. The lowest BCUT2D eigenvalue weighted by atomic mass is 10.2. The summed E-state index contributed by atoms with van der Waals surface area (Å²) in [4.78, 5) is 33.0. The van der Waals surface area contributed by atoms with Gasteiger partial charge < -0.3 is 15.2 Å². The summed E-state index contributed by atoms with van der Waals surface area (Å²) in [7, 11) is 0. The van der Waals surface area contributed by atoms with Gasteiger partial charge in [-0.1, -0.05) is 23.7 Å². The topological polar surface area (TPSA) is 119 Å². The van der Waals surface area contributed by atoms with Crippen molar-refractivity contribution in [1.29, 1.82) is 0 Å². The summed E-state index contributed by atoms with van der Waals surface area (Å²) in [6, 6.07) is 8.04. The number of hydrogen-bond acceptors (Lipinski definition) is 5. The number of nitrogens with one attached hydrogen (secondary N) is 1. The molecule has 0 saturated heterocycles. The van der Waals surface area contributed by atoms with Gasteiger partial charge in [0.25, 0.3) is 0 Å². The monoisotopic (exact) mass is 350 g/mol. The highest BCUT2D eigenvalue weighted by atomic mass is 35.5. The Labute approximate surface area is 140 Å². The van der Waals surface area contributed by atoms with Crippen molar-refractivity contribution >= 4 is 34.9 Å². The number of hydrogen-bond donors (Lipinski definition) is 2. The molecular formula is C15H11ClN2O6. The molecule has 0 unspecified atom stereocenters. The Balaban J connectivity index is 2.58. The molecule has 0 fully saturated rings. The van der Waals surface area contributed by atoms with Crippen LogP contribution in [0.3, 0.4) is 0 Å². The minimum absolute atomic E-state index is 0.0761. The zero-order chi connectivity index (χ0) is 17.9. The van der Waals surface area contributed by atoms with Gasteiger partial charge in [-0.15, -0.1) is 0 Å². The number of carboxylic acid groups (broad SMARTS) is 1. The number of carbonyl (C=O) groups excluding carboxylic acids is 1. The van der Waals surface area contributed by atoms with Crippen LogP contribution < -0.4 is 10.1 Å². The first-order chi connectivity index (χ1) is 11.3. The Hall–Kier alpha value is -3.13. The highest BCUT2D eigenvalue weighted by Gasteiger charge is 2.25. The summed E-state index contributed by atoms with van der Waals surface area (Å²) in [5.41, 5.74) is -0.856. The lowest BCUT2D eigenvalue weighted by molar-refractivity contribution is -0.384. The second-order valence-electron chi connectivity index (χ2n) is 4.64. The van der Waals surface area contributed by atoms with Crippen LogP contribution in [0.1, 0.15) is 17.3 Å². The molecule has 8 nitrogen and oxygen atoms in total. The van der Waals surface area contributed by atoms with Crippen molar-refractivity contribution < 1.29 is 24.4 Å². The molecule has 0 aromatic heterocycles. The van der Waals surface area contributed by atoms with E-state index >= 15 is 0 Å². The van der Waals surface area contributed by atoms with Crippen LogP contribution in [0.2, 0.25) is 5.02 Å². The molecule has 0 atom stereocenters. The number of amides is 1. The van der Waals surface area contributed by atoms with E-state index in [2.05, 4.69) is 5.32 Å². The number of nitro benzene ring substituents is 1. The number of aromatic carboxylic acids is 1. The quantitative estimate of drug-likeness (QED) is 0.626. The lowest BCUT2D eigenvalue weighted by Gasteiger charge is -2.12. The van der Waals surface area contributed by atoms with E-state index in [1.165, 1.54) is 43.3 Å². The van der Waals surface area contributed by atoms with Crippen molar-refractivity contribution in [3.63, 3.8) is 0 Å². The first-order valence-electron chi connectivity index (χ1n) is 6.55. The summed E-state index contributed by atoms with van der Waals surface area (Å²) >= 11 is 5.91. The zero-order valence-corrected chi connectivity index (χ0v) is 13.0. The Morgan fingerprint density at radius 1 is 1.25 bits per heavy atom. The van der Waals surface area contributed by atoms with E-state index in [0.717, 1.165) is 0 Å². The van der Waals surface area contributed by atoms with Gasteiger partial charge in [0.1, 0.15) is 17.0 Å². The highest BCUT2D eigenvalue weighted by molar-refractivity contribution is 6.31. The van der Waals surface area contributed by atoms with E-state index in [9.17, 15) is 19.7 Å². The van der Waals surface area contributed by atoms with Crippen molar-refractivity contribution in [2.45, 2.75) is 6.92 Å². The van der Waals surface area contributed by atoms with E-state index in [1.54, 1.807) is 0 Å². The van der Waals surface area contributed by atoms with Crippen molar-refractivity contribution in [2.24, 2.45) is 0 Å². The molecule has 24 heavy (non-hydrogen) atoms. The molecule has 1 amide bonds. The molecule has 0 saturated carbocycles. The zero-order valence-electron chi connectivity index (χ0n) is 12.3. The third-order valence-corrected chi connectivity index (χ3v) is 3.09. The van der Waals surface area contributed by atoms with Crippen molar-refractivity contribution in [3.05, 3.63) is 57.1 Å². The summed E-state index contributed by atoms with van der Waals surface area (Å²) in [5.74, 6) is -2.16. The number of carboxylic acids is 1. The number of carbonyl (C=O) groups is 2. The van der Waals surface area contributed by atoms with Crippen LogP contribution in [0.4, 0.5) is 11.4 Å². The van der Waals surface area contributed by atoms with Gasteiger partial charge in [-0.05, 0) is 18.2 Å². The maximum absolute atomic E-state index is 11.4. The van der Waals surface area contributed by atoms with Crippen molar-refractivity contribution in [1.82, 2.24) is 0 Å². The Morgan fingerprint density at radius 3 is 2.50 bits per heavy atom. The number of halogens is 1. The fraction of sp³-hybridized carbons (Fsp3) is 0.0667. The van der Waals surface area contributed by atoms with E-state index in [-0.39, 0.29) is 27.8 Å². The molecule has 2 aromatic rings. The largest absolute Gasteiger partial charge is 0.478 e. The third-order valence-electron chi connectivity index (χ3n) is 2.87. The van der Waals surface area contributed by atoms with E-state index in [4.69, 9.17) is 21.4 Å². The molecule has 0 radical (unpaired) electrons. The van der Waals surface area contributed by atoms with E-state index in [1.807, 2.05) is 0 Å². The summed E-state index contributed by atoms with van der Waals surface area (Å²) in [6.45, 7) is 1.19. The van der Waals surface area contributed by atoms with Crippen molar-refractivity contribution in [3.8, 4) is 11.5 Å². The fourth-order valence-corrected chi connectivity index (χ4v) is 2.18.